The van der Waals surface area contributed by atoms with Gasteiger partial charge >= 0.3 is 0 Å². The number of nitrogen functional groups attached to an aromatic ring is 1. The number of hydrogen-bond donors (Lipinski definition) is 1. The molecule has 1 aromatic carbocycles. The first-order valence-corrected chi connectivity index (χ1v) is 7.21. The average Bonchev–Trinajstić information content (AvgIpc) is 2.86. The minimum Gasteiger partial charge on any atom is -0.398 e. The van der Waals surface area contributed by atoms with E-state index in [0.717, 1.165) is 0 Å². The highest BCUT2D eigenvalue weighted by Gasteiger charge is 2.31. The van der Waals surface area contributed by atoms with Crippen molar-refractivity contribution in [3.63, 3.8) is 0 Å². The molecule has 2 aromatic rings. The predicted molar refractivity (Wildman–Crippen MR) is 83.0 cm³/mol. The van der Waals surface area contributed by atoms with E-state index in [1.165, 1.54) is 0 Å². The van der Waals surface area contributed by atoms with Gasteiger partial charge in [-0.1, -0.05) is 37.5 Å². The van der Waals surface area contributed by atoms with Crippen LogP contribution in [0.15, 0.2) is 22.7 Å². The molecule has 0 radical (unpaired) electrons. The van der Waals surface area contributed by atoms with Crippen LogP contribution < -0.4 is 5.73 Å². The molecule has 0 spiro atoms. The zero-order chi connectivity index (χ0) is 15.6. The van der Waals surface area contributed by atoms with Crippen LogP contribution in [0.2, 0.25) is 5.02 Å². The Hall–Kier alpha value is -1.59. The van der Waals surface area contributed by atoms with Gasteiger partial charge in [-0.2, -0.15) is 4.98 Å². The number of aromatic nitrogens is 2. The summed E-state index contributed by atoms with van der Waals surface area (Å²) in [4.78, 5) is 4.43. The number of nitrogens with zero attached hydrogens (tertiary/aromatic N) is 2. The predicted octanol–water partition coefficient (Wildman–Crippen LogP) is 4.10. The van der Waals surface area contributed by atoms with Crippen molar-refractivity contribution in [2.45, 2.75) is 33.8 Å². The summed E-state index contributed by atoms with van der Waals surface area (Å²) < 4.78 is 11.1. The molecule has 6 heteroatoms. The van der Waals surface area contributed by atoms with Gasteiger partial charge in [-0.15, -0.1) is 0 Å². The minimum atomic E-state index is -0.250. The fourth-order valence-electron chi connectivity index (χ4n) is 2.04. The van der Waals surface area contributed by atoms with Gasteiger partial charge in [-0.3, -0.25) is 0 Å². The molecular formula is C15H20ClN3O2. The lowest BCUT2D eigenvalue weighted by Gasteiger charge is -2.27. The highest BCUT2D eigenvalue weighted by atomic mass is 35.5. The fraction of sp³-hybridized carbons (Fsp3) is 0.467. The highest BCUT2D eigenvalue weighted by molar-refractivity contribution is 6.31. The number of halogens is 1. The smallest absolute Gasteiger partial charge is 0.260 e. The Bertz CT molecular complexity index is 620. The van der Waals surface area contributed by atoms with E-state index >= 15 is 0 Å². The van der Waals surface area contributed by atoms with E-state index in [0.29, 0.717) is 34.6 Å². The van der Waals surface area contributed by atoms with Crippen LogP contribution in [0.25, 0.3) is 11.5 Å². The summed E-state index contributed by atoms with van der Waals surface area (Å²) >= 11 is 5.99. The molecule has 0 aliphatic rings. The molecule has 1 heterocycles. The summed E-state index contributed by atoms with van der Waals surface area (Å²) in [6.07, 6.45) is -0.250. The summed E-state index contributed by atoms with van der Waals surface area (Å²) in [5, 5.41) is 4.60. The molecule has 0 saturated carbocycles. The first-order valence-electron chi connectivity index (χ1n) is 6.83. The average molecular weight is 310 g/mol. The number of benzene rings is 1. The van der Waals surface area contributed by atoms with E-state index in [9.17, 15) is 0 Å². The lowest BCUT2D eigenvalue weighted by Crippen LogP contribution is -2.22. The normalized spacial score (nSPS) is 13.4. The van der Waals surface area contributed by atoms with Gasteiger partial charge in [0.25, 0.3) is 5.89 Å². The van der Waals surface area contributed by atoms with Crippen LogP contribution in [-0.4, -0.2) is 16.7 Å². The van der Waals surface area contributed by atoms with Crippen LogP contribution in [0.1, 0.15) is 39.6 Å². The molecule has 0 aliphatic carbocycles. The number of ether oxygens (including phenoxy) is 1. The largest absolute Gasteiger partial charge is 0.398 e. The van der Waals surface area contributed by atoms with Crippen LogP contribution in [0.5, 0.6) is 0 Å². The van der Waals surface area contributed by atoms with Crippen LogP contribution in [0.3, 0.4) is 0 Å². The van der Waals surface area contributed by atoms with Crippen molar-refractivity contribution < 1.29 is 9.26 Å². The van der Waals surface area contributed by atoms with Gasteiger partial charge in [0, 0.05) is 17.3 Å². The van der Waals surface area contributed by atoms with Gasteiger partial charge in [0.15, 0.2) is 0 Å². The van der Waals surface area contributed by atoms with Crippen molar-refractivity contribution in [1.29, 1.82) is 0 Å². The van der Waals surface area contributed by atoms with E-state index in [1.54, 1.807) is 18.2 Å². The summed E-state index contributed by atoms with van der Waals surface area (Å²) in [6.45, 7) is 8.71. The summed E-state index contributed by atoms with van der Waals surface area (Å²) in [5.41, 5.74) is 6.96. The number of anilines is 1. The second-order valence-corrected chi connectivity index (χ2v) is 6.33. The van der Waals surface area contributed by atoms with Gasteiger partial charge in [0.2, 0.25) is 5.82 Å². The lowest BCUT2D eigenvalue weighted by atomic mass is 9.88. The van der Waals surface area contributed by atoms with Crippen molar-refractivity contribution >= 4 is 17.3 Å². The third-order valence-electron chi connectivity index (χ3n) is 3.04. The SMILES string of the molecule is CCOC(c1noc(-c2cc(Cl)ccc2N)n1)C(C)(C)C. The Morgan fingerprint density at radius 3 is 2.71 bits per heavy atom. The molecule has 0 aliphatic heterocycles. The van der Waals surface area contributed by atoms with Gasteiger partial charge < -0.3 is 15.0 Å². The third kappa shape index (κ3) is 3.54. The summed E-state index contributed by atoms with van der Waals surface area (Å²) in [6, 6.07) is 5.14. The minimum absolute atomic E-state index is 0.142. The zero-order valence-electron chi connectivity index (χ0n) is 12.7. The van der Waals surface area contributed by atoms with Crippen molar-refractivity contribution in [3.05, 3.63) is 29.0 Å². The molecule has 1 aromatic heterocycles. The van der Waals surface area contributed by atoms with Crippen LogP contribution in [-0.2, 0) is 4.74 Å². The van der Waals surface area contributed by atoms with Crippen molar-refractivity contribution in [1.82, 2.24) is 10.1 Å². The third-order valence-corrected chi connectivity index (χ3v) is 3.28. The van der Waals surface area contributed by atoms with E-state index in [1.807, 2.05) is 6.92 Å². The molecule has 21 heavy (non-hydrogen) atoms. The molecule has 0 fully saturated rings. The van der Waals surface area contributed by atoms with E-state index in [2.05, 4.69) is 30.9 Å². The molecular weight excluding hydrogens is 290 g/mol. The van der Waals surface area contributed by atoms with Gasteiger partial charge in [-0.05, 0) is 30.5 Å². The summed E-state index contributed by atoms with van der Waals surface area (Å²) in [7, 11) is 0. The number of rotatable bonds is 4. The Balaban J connectivity index is 2.38. The van der Waals surface area contributed by atoms with Crippen molar-refractivity contribution in [2.75, 3.05) is 12.3 Å². The lowest BCUT2D eigenvalue weighted by molar-refractivity contribution is -0.0203. The summed E-state index contributed by atoms with van der Waals surface area (Å²) in [5.74, 6) is 0.859. The second-order valence-electron chi connectivity index (χ2n) is 5.89. The number of nitrogens with two attached hydrogens (primary N) is 1. The Kier molecular flexibility index (Phi) is 4.54. The maximum absolute atomic E-state index is 5.99. The maximum Gasteiger partial charge on any atom is 0.260 e. The molecule has 1 unspecified atom stereocenters. The Morgan fingerprint density at radius 2 is 2.10 bits per heavy atom. The van der Waals surface area contributed by atoms with E-state index in [4.69, 9.17) is 26.6 Å². The zero-order valence-corrected chi connectivity index (χ0v) is 13.4. The first-order chi connectivity index (χ1) is 9.82. The standard InChI is InChI=1S/C15H20ClN3O2/c1-5-20-12(15(2,3)4)13-18-14(21-19-13)10-8-9(16)6-7-11(10)17/h6-8,12H,5,17H2,1-4H3. The second kappa shape index (κ2) is 6.03. The van der Waals surface area contributed by atoms with Crippen LogP contribution in [0.4, 0.5) is 5.69 Å². The fourth-order valence-corrected chi connectivity index (χ4v) is 2.22. The quantitative estimate of drug-likeness (QED) is 0.861. The molecule has 1 atom stereocenters. The molecule has 0 saturated heterocycles. The molecule has 2 rings (SSSR count). The molecule has 0 bridgehead atoms. The molecule has 2 N–H and O–H groups in total. The molecule has 5 nitrogen and oxygen atoms in total. The highest BCUT2D eigenvalue weighted by Crippen LogP contribution is 2.36. The van der Waals surface area contributed by atoms with E-state index in [-0.39, 0.29) is 11.5 Å². The Morgan fingerprint density at radius 1 is 1.38 bits per heavy atom. The Labute approximate surface area is 129 Å². The van der Waals surface area contributed by atoms with E-state index < -0.39 is 0 Å². The molecule has 114 valence electrons. The van der Waals surface area contributed by atoms with Gasteiger partial charge in [-0.25, -0.2) is 0 Å². The topological polar surface area (TPSA) is 74.2 Å². The number of hydrogen-bond acceptors (Lipinski definition) is 5. The van der Waals surface area contributed by atoms with Gasteiger partial charge in [0.05, 0.1) is 5.56 Å². The van der Waals surface area contributed by atoms with Crippen LogP contribution >= 0.6 is 11.6 Å². The van der Waals surface area contributed by atoms with Crippen molar-refractivity contribution in [3.8, 4) is 11.5 Å². The van der Waals surface area contributed by atoms with Crippen molar-refractivity contribution in [2.24, 2.45) is 5.41 Å². The van der Waals surface area contributed by atoms with Gasteiger partial charge in [0.1, 0.15) is 6.10 Å². The monoisotopic (exact) mass is 309 g/mol. The van der Waals surface area contributed by atoms with Crippen LogP contribution in [0, 0.1) is 5.41 Å². The maximum atomic E-state index is 5.99. The first kappa shape index (κ1) is 15.8. The molecule has 0 amide bonds.